The lowest BCUT2D eigenvalue weighted by Gasteiger charge is -2.33. The number of hydrogen-bond acceptors (Lipinski definition) is 4. The van der Waals surface area contributed by atoms with Gasteiger partial charge < -0.3 is 0 Å². The molecule has 2 heterocycles. The lowest BCUT2D eigenvalue weighted by molar-refractivity contribution is 0.198. The molecule has 1 aliphatic rings. The van der Waals surface area contributed by atoms with E-state index in [4.69, 9.17) is 11.6 Å². The minimum atomic E-state index is -3.40. The highest BCUT2D eigenvalue weighted by molar-refractivity contribution is 9.11. The van der Waals surface area contributed by atoms with E-state index in [-0.39, 0.29) is 0 Å². The van der Waals surface area contributed by atoms with Gasteiger partial charge in [-0.1, -0.05) is 27.5 Å². The van der Waals surface area contributed by atoms with Crippen LogP contribution in [0, 0.1) is 0 Å². The molecule has 0 atom stereocenters. The van der Waals surface area contributed by atoms with Crippen molar-refractivity contribution in [2.45, 2.75) is 4.21 Å². The fraction of sp³-hybridized carbons (Fsp3) is 0.600. The summed E-state index contributed by atoms with van der Waals surface area (Å²) in [6, 6.07) is 1.51. The topological polar surface area (TPSA) is 40.6 Å². The van der Waals surface area contributed by atoms with Crippen molar-refractivity contribution in [3.63, 3.8) is 0 Å². The predicted octanol–water partition coefficient (Wildman–Crippen LogP) is 2.87. The van der Waals surface area contributed by atoms with Gasteiger partial charge in [-0.3, -0.25) is 4.90 Å². The van der Waals surface area contributed by atoms with E-state index in [0.29, 0.717) is 26.1 Å². The van der Waals surface area contributed by atoms with Crippen molar-refractivity contribution >= 4 is 64.8 Å². The predicted molar refractivity (Wildman–Crippen MR) is 86.0 cm³/mol. The average Bonchev–Trinajstić information content (AvgIpc) is 2.71. The van der Waals surface area contributed by atoms with E-state index < -0.39 is 10.0 Å². The van der Waals surface area contributed by atoms with Crippen molar-refractivity contribution in [1.29, 1.82) is 0 Å². The molecule has 0 radical (unpaired) electrons. The fourth-order valence-corrected chi connectivity index (χ4v) is 6.37. The third kappa shape index (κ3) is 3.72. The lowest BCUT2D eigenvalue weighted by Crippen LogP contribution is -2.48. The van der Waals surface area contributed by atoms with Gasteiger partial charge >= 0.3 is 0 Å². The number of rotatable bonds is 4. The van der Waals surface area contributed by atoms with Gasteiger partial charge in [0.2, 0.25) is 0 Å². The molecule has 0 amide bonds. The number of alkyl halides is 1. The van der Waals surface area contributed by atoms with E-state index in [1.165, 1.54) is 10.4 Å². The Balaban J connectivity index is 2.09. The van der Waals surface area contributed by atoms with Crippen LogP contribution in [0.25, 0.3) is 0 Å². The van der Waals surface area contributed by atoms with Gasteiger partial charge in [-0.15, -0.1) is 11.3 Å². The van der Waals surface area contributed by atoms with Crippen LogP contribution in [-0.2, 0) is 10.0 Å². The summed E-state index contributed by atoms with van der Waals surface area (Å²) in [7, 11) is -3.40. The smallest absolute Gasteiger partial charge is 0.252 e. The highest BCUT2D eigenvalue weighted by Crippen LogP contribution is 2.36. The summed E-state index contributed by atoms with van der Waals surface area (Å²) in [5, 5.41) is 1.36. The monoisotopic (exact) mass is 450 g/mol. The zero-order chi connectivity index (χ0) is 14.0. The fourth-order valence-electron chi connectivity index (χ4n) is 1.89. The van der Waals surface area contributed by atoms with Crippen molar-refractivity contribution in [3.05, 3.63) is 14.9 Å². The van der Waals surface area contributed by atoms with Crippen LogP contribution in [0.5, 0.6) is 0 Å². The van der Waals surface area contributed by atoms with E-state index >= 15 is 0 Å². The largest absolute Gasteiger partial charge is 0.300 e. The molecule has 9 heteroatoms. The summed E-state index contributed by atoms with van der Waals surface area (Å²) in [5.74, 6) is 0. The lowest BCUT2D eigenvalue weighted by atomic mass is 10.4. The van der Waals surface area contributed by atoms with Crippen molar-refractivity contribution in [2.24, 2.45) is 0 Å². The van der Waals surface area contributed by atoms with Crippen LogP contribution in [0.1, 0.15) is 0 Å². The van der Waals surface area contributed by atoms with Gasteiger partial charge in [0, 0.05) is 38.1 Å². The minimum Gasteiger partial charge on any atom is -0.300 e. The zero-order valence-electron chi connectivity index (χ0n) is 9.98. The average molecular weight is 453 g/mol. The number of sulfonamides is 1. The second-order valence-electron chi connectivity index (χ2n) is 4.12. The van der Waals surface area contributed by atoms with Crippen LogP contribution in [0.3, 0.4) is 0 Å². The van der Waals surface area contributed by atoms with Crippen LogP contribution in [0.2, 0.25) is 5.02 Å². The molecule has 0 aliphatic carbocycles. The first-order valence-electron chi connectivity index (χ1n) is 5.68. The maximum atomic E-state index is 12.4. The zero-order valence-corrected chi connectivity index (χ0v) is 15.5. The number of piperazine rings is 1. The Kier molecular flexibility index (Phi) is 5.73. The standard InChI is InChI=1S/C10H13Br2ClN2O2S2/c11-1-2-14-3-5-15(6-4-14)19(16,17)9-7-8(13)10(12)18-9/h7H,1-6H2. The molecule has 1 saturated heterocycles. The van der Waals surface area contributed by atoms with Crippen molar-refractivity contribution < 1.29 is 8.42 Å². The Morgan fingerprint density at radius 2 is 1.95 bits per heavy atom. The van der Waals surface area contributed by atoms with Crippen LogP contribution >= 0.6 is 54.8 Å². The van der Waals surface area contributed by atoms with Crippen molar-refractivity contribution in [2.75, 3.05) is 38.1 Å². The molecular formula is C10H13Br2ClN2O2S2. The second-order valence-corrected chi connectivity index (χ2v) is 9.86. The van der Waals surface area contributed by atoms with E-state index in [9.17, 15) is 8.42 Å². The van der Waals surface area contributed by atoms with Gasteiger partial charge in [0.25, 0.3) is 10.0 Å². The molecule has 0 unspecified atom stereocenters. The first-order valence-corrected chi connectivity index (χ1v) is 10.2. The Morgan fingerprint density at radius 3 is 2.42 bits per heavy atom. The molecule has 0 saturated carbocycles. The molecule has 1 aliphatic heterocycles. The summed E-state index contributed by atoms with van der Waals surface area (Å²) < 4.78 is 27.4. The van der Waals surface area contributed by atoms with Gasteiger partial charge in [-0.2, -0.15) is 4.31 Å². The minimum absolute atomic E-state index is 0.304. The number of nitrogens with zero attached hydrogens (tertiary/aromatic N) is 2. The normalized spacial score (nSPS) is 18.9. The highest BCUT2D eigenvalue weighted by Gasteiger charge is 2.30. The molecule has 0 N–H and O–H groups in total. The maximum absolute atomic E-state index is 12.4. The third-order valence-electron chi connectivity index (χ3n) is 2.95. The molecule has 1 aromatic rings. The molecule has 4 nitrogen and oxygen atoms in total. The van der Waals surface area contributed by atoms with Crippen LogP contribution < -0.4 is 0 Å². The van der Waals surface area contributed by atoms with Gasteiger partial charge in [-0.25, -0.2) is 8.42 Å². The first-order chi connectivity index (χ1) is 8.95. The number of thiophene rings is 1. The number of halogens is 3. The third-order valence-corrected chi connectivity index (χ3v) is 8.13. The van der Waals surface area contributed by atoms with E-state index in [1.807, 2.05) is 0 Å². The molecule has 1 fully saturated rings. The van der Waals surface area contributed by atoms with Crippen molar-refractivity contribution in [1.82, 2.24) is 9.21 Å². The summed E-state index contributed by atoms with van der Waals surface area (Å²) in [5.41, 5.74) is 0. The van der Waals surface area contributed by atoms with Crippen LogP contribution in [0.15, 0.2) is 14.1 Å². The van der Waals surface area contributed by atoms with Gasteiger partial charge in [0.1, 0.15) is 4.21 Å². The summed E-state index contributed by atoms with van der Waals surface area (Å²) in [6.07, 6.45) is 0. The molecule has 0 spiro atoms. The van der Waals surface area contributed by atoms with Crippen molar-refractivity contribution in [3.8, 4) is 0 Å². The number of hydrogen-bond donors (Lipinski definition) is 0. The van der Waals surface area contributed by atoms with Crippen LogP contribution in [-0.4, -0.2) is 55.7 Å². The molecular weight excluding hydrogens is 440 g/mol. The summed E-state index contributed by atoms with van der Waals surface area (Å²) >= 11 is 13.7. The molecule has 0 bridgehead atoms. The maximum Gasteiger partial charge on any atom is 0.252 e. The Labute approximate surface area is 139 Å². The van der Waals surface area contributed by atoms with E-state index in [0.717, 1.165) is 36.3 Å². The van der Waals surface area contributed by atoms with Crippen LogP contribution in [0.4, 0.5) is 0 Å². The summed E-state index contributed by atoms with van der Waals surface area (Å²) in [6.45, 7) is 3.55. The van der Waals surface area contributed by atoms with Gasteiger partial charge in [-0.05, 0) is 22.0 Å². The molecule has 2 rings (SSSR count). The first kappa shape index (κ1) is 16.2. The van der Waals surface area contributed by atoms with E-state index in [2.05, 4.69) is 36.8 Å². The summed E-state index contributed by atoms with van der Waals surface area (Å²) in [4.78, 5) is 2.25. The molecule has 0 aromatic carbocycles. The molecule has 108 valence electrons. The SMILES string of the molecule is O=S(=O)(c1cc(Cl)c(Br)s1)N1CCN(CCBr)CC1. The highest BCUT2D eigenvalue weighted by atomic mass is 79.9. The Hall–Kier alpha value is 0.820. The van der Waals surface area contributed by atoms with Gasteiger partial charge in [0.05, 0.1) is 8.81 Å². The van der Waals surface area contributed by atoms with E-state index in [1.54, 1.807) is 0 Å². The molecule has 19 heavy (non-hydrogen) atoms. The Bertz CT molecular complexity index is 522. The molecule has 1 aromatic heterocycles. The van der Waals surface area contributed by atoms with Gasteiger partial charge in [0.15, 0.2) is 0 Å². The second kappa shape index (κ2) is 6.72. The quantitative estimate of drug-likeness (QED) is 0.660. The Morgan fingerprint density at radius 1 is 1.32 bits per heavy atom.